The molecule has 0 saturated heterocycles. The van der Waals surface area contributed by atoms with Gasteiger partial charge in [0.05, 0.1) is 0 Å². The molecule has 0 N–H and O–H groups in total. The topological polar surface area (TPSA) is 26.3 Å². The van der Waals surface area contributed by atoms with Crippen LogP contribution in [0.15, 0.2) is 29.8 Å². The Kier molecular flexibility index (Phi) is 15.6. The van der Waals surface area contributed by atoms with Crippen LogP contribution in [0.3, 0.4) is 0 Å². The van der Waals surface area contributed by atoms with Gasteiger partial charge in [-0.25, -0.2) is 0 Å². The quantitative estimate of drug-likeness (QED) is 0.199. The van der Waals surface area contributed by atoms with E-state index in [1.165, 1.54) is 87.3 Å². The summed E-state index contributed by atoms with van der Waals surface area (Å²) in [5.74, 6) is 4.22. The second-order valence-corrected chi connectivity index (χ2v) is 15.8. The van der Waals surface area contributed by atoms with Gasteiger partial charge in [0.25, 0.3) is 6.47 Å². The van der Waals surface area contributed by atoms with Gasteiger partial charge < -0.3 is 4.74 Å². The molecule has 2 nitrogen and oxygen atoms in total. The molecule has 0 spiro atoms. The van der Waals surface area contributed by atoms with Crippen molar-refractivity contribution >= 4 is 6.47 Å². The number of rotatable bonds is 10. The molecule has 2 saturated carbocycles. The molecular formula is C41H70O2. The molecule has 1 aromatic rings. The van der Waals surface area contributed by atoms with Crippen LogP contribution in [0, 0.1) is 61.2 Å². The van der Waals surface area contributed by atoms with Crippen LogP contribution in [0.1, 0.15) is 156 Å². The second-order valence-electron chi connectivity index (χ2n) is 15.8. The Bertz CT molecular complexity index is 941. The highest BCUT2D eigenvalue weighted by Gasteiger charge is 2.54. The van der Waals surface area contributed by atoms with Gasteiger partial charge in [0, 0.05) is 6.42 Å². The Morgan fingerprint density at radius 1 is 0.930 bits per heavy atom. The predicted octanol–water partition coefficient (Wildman–Crippen LogP) is 12.4. The number of hydrogen-bond donors (Lipinski definition) is 0. The van der Waals surface area contributed by atoms with Crippen molar-refractivity contribution in [3.05, 3.63) is 46.5 Å². The summed E-state index contributed by atoms with van der Waals surface area (Å²) in [5.41, 5.74) is 6.51. The molecule has 3 aliphatic rings. The molecule has 0 aromatic heterocycles. The Hall–Kier alpha value is -1.57. The minimum Gasteiger partial charge on any atom is -0.464 e. The highest BCUT2D eigenvalue weighted by atomic mass is 16.5. The Morgan fingerprint density at radius 3 is 2.07 bits per heavy atom. The van der Waals surface area contributed by atoms with Crippen LogP contribution in [0.2, 0.25) is 0 Å². The number of ether oxygens (including phenoxy) is 1. The fourth-order valence-corrected chi connectivity index (χ4v) is 9.32. The molecule has 43 heavy (non-hydrogen) atoms. The molecule has 0 heterocycles. The van der Waals surface area contributed by atoms with E-state index in [1.807, 2.05) is 0 Å². The lowest BCUT2D eigenvalue weighted by Gasteiger charge is -2.59. The molecule has 3 aliphatic carbocycles. The van der Waals surface area contributed by atoms with Crippen LogP contribution in [0.4, 0.5) is 0 Å². The maximum atomic E-state index is 10.9. The summed E-state index contributed by atoms with van der Waals surface area (Å²) in [4.78, 5) is 10.9. The molecular weight excluding hydrogens is 524 g/mol. The first-order valence-corrected chi connectivity index (χ1v) is 18.2. The highest BCUT2D eigenvalue weighted by Crippen LogP contribution is 2.63. The van der Waals surface area contributed by atoms with Crippen molar-refractivity contribution in [2.24, 2.45) is 40.4 Å². The number of allylic oxidation sites excluding steroid dienone is 1. The fourth-order valence-electron chi connectivity index (χ4n) is 9.32. The third-order valence-electron chi connectivity index (χ3n) is 11.1. The fraction of sp³-hybridized carbons (Fsp3) is 0.780. The lowest BCUT2D eigenvalue weighted by molar-refractivity contribution is -0.136. The summed E-state index contributed by atoms with van der Waals surface area (Å²) in [6.07, 6.45) is 19.5. The van der Waals surface area contributed by atoms with Gasteiger partial charge in [-0.2, -0.15) is 0 Å². The molecule has 0 radical (unpaired) electrons. The van der Waals surface area contributed by atoms with Gasteiger partial charge in [0.1, 0.15) is 6.10 Å². The van der Waals surface area contributed by atoms with E-state index in [4.69, 9.17) is 4.74 Å². The van der Waals surface area contributed by atoms with Crippen LogP contribution >= 0.6 is 0 Å². The van der Waals surface area contributed by atoms with Gasteiger partial charge in [0.2, 0.25) is 0 Å². The lowest BCUT2D eigenvalue weighted by atomic mass is 9.46. The predicted molar refractivity (Wildman–Crippen MR) is 187 cm³/mol. The molecule has 1 aromatic carbocycles. The van der Waals surface area contributed by atoms with E-state index in [-0.39, 0.29) is 6.10 Å². The van der Waals surface area contributed by atoms with Crippen LogP contribution in [0.25, 0.3) is 0 Å². The van der Waals surface area contributed by atoms with Gasteiger partial charge >= 0.3 is 0 Å². The summed E-state index contributed by atoms with van der Waals surface area (Å²) < 4.78 is 5.37. The van der Waals surface area contributed by atoms with E-state index in [9.17, 15) is 4.79 Å². The van der Waals surface area contributed by atoms with Crippen LogP contribution < -0.4 is 0 Å². The van der Waals surface area contributed by atoms with Gasteiger partial charge in [-0.1, -0.05) is 134 Å². The summed E-state index contributed by atoms with van der Waals surface area (Å²) in [5, 5.41) is 0. The molecule has 4 rings (SSSR count). The molecule has 2 fully saturated rings. The SMILES string of the molecule is CCC.CCCC1C2CC=C3CC(OC=O)CCC3(C)C2CCC1(C)CC(C)CCCC(C)C.Cc1cc(C)cc(C)c1. The number of aryl methyl sites for hydroxylation is 3. The van der Waals surface area contributed by atoms with Gasteiger partial charge in [-0.3, -0.25) is 4.79 Å². The first-order valence-electron chi connectivity index (χ1n) is 18.2. The number of fused-ring (bicyclic) bond motifs is 3. The van der Waals surface area contributed by atoms with Crippen molar-refractivity contribution in [1.29, 1.82) is 0 Å². The molecule has 0 amide bonds. The summed E-state index contributed by atoms with van der Waals surface area (Å²) in [6.45, 7) is 26.1. The van der Waals surface area contributed by atoms with Crippen LogP contribution in [-0.4, -0.2) is 12.6 Å². The first kappa shape index (κ1) is 37.6. The van der Waals surface area contributed by atoms with E-state index in [0.29, 0.717) is 17.3 Å². The lowest BCUT2D eigenvalue weighted by Crippen LogP contribution is -2.51. The third-order valence-corrected chi connectivity index (χ3v) is 11.1. The monoisotopic (exact) mass is 595 g/mol. The Morgan fingerprint density at radius 2 is 1.53 bits per heavy atom. The van der Waals surface area contributed by atoms with Gasteiger partial charge in [0.15, 0.2) is 0 Å². The van der Waals surface area contributed by atoms with E-state index < -0.39 is 0 Å². The molecule has 246 valence electrons. The summed E-state index contributed by atoms with van der Waals surface area (Å²) in [6, 6.07) is 6.56. The van der Waals surface area contributed by atoms with Gasteiger partial charge in [-0.15, -0.1) is 0 Å². The zero-order valence-corrected chi connectivity index (χ0v) is 30.4. The number of carbonyl (C=O) groups is 1. The van der Waals surface area contributed by atoms with E-state index in [1.54, 1.807) is 5.57 Å². The van der Waals surface area contributed by atoms with Crippen LogP contribution in [-0.2, 0) is 9.53 Å². The van der Waals surface area contributed by atoms with E-state index in [0.717, 1.165) is 42.4 Å². The van der Waals surface area contributed by atoms with Crippen molar-refractivity contribution < 1.29 is 9.53 Å². The smallest absolute Gasteiger partial charge is 0.293 e. The van der Waals surface area contributed by atoms with Crippen molar-refractivity contribution in [1.82, 2.24) is 0 Å². The molecule has 0 aliphatic heterocycles. The summed E-state index contributed by atoms with van der Waals surface area (Å²) >= 11 is 0. The molecule has 2 heteroatoms. The maximum Gasteiger partial charge on any atom is 0.293 e. The van der Waals surface area contributed by atoms with E-state index >= 15 is 0 Å². The average Bonchev–Trinajstić information content (AvgIpc) is 2.90. The second kappa shape index (κ2) is 17.8. The zero-order chi connectivity index (χ0) is 32.2. The van der Waals surface area contributed by atoms with Crippen LogP contribution in [0.5, 0.6) is 0 Å². The zero-order valence-electron chi connectivity index (χ0n) is 30.4. The number of carbonyl (C=O) groups excluding carboxylic acids is 1. The van der Waals surface area contributed by atoms with Crippen molar-refractivity contribution in [3.63, 3.8) is 0 Å². The molecule has 7 unspecified atom stereocenters. The summed E-state index contributed by atoms with van der Waals surface area (Å²) in [7, 11) is 0. The van der Waals surface area contributed by atoms with Crippen molar-refractivity contribution in [2.75, 3.05) is 0 Å². The third kappa shape index (κ3) is 10.8. The Balaban J connectivity index is 0.000000449. The molecule has 0 bridgehead atoms. The standard InChI is InChI=1S/C29H50O2.C9H12.C3H8/c1-7-9-26-25-13-12-23-18-24(31-20-30)14-17-29(23,6)27(25)15-16-28(26,5)19-22(4)11-8-10-21(2)3;1-7-4-8(2)6-9(3)5-7;1-3-2/h12,20-22,24-27H,7-11,13-19H2,1-6H3;4-6H,1-3H3;3H2,1-2H3. The molecule has 7 atom stereocenters. The minimum absolute atomic E-state index is 0.111. The first-order chi connectivity index (χ1) is 20.3. The minimum atomic E-state index is 0.111. The van der Waals surface area contributed by atoms with Crippen molar-refractivity contribution in [2.45, 2.75) is 166 Å². The van der Waals surface area contributed by atoms with Crippen molar-refractivity contribution in [3.8, 4) is 0 Å². The van der Waals surface area contributed by atoms with Gasteiger partial charge in [-0.05, 0) is 106 Å². The largest absolute Gasteiger partial charge is 0.464 e. The Labute approximate surface area is 268 Å². The average molecular weight is 595 g/mol. The highest BCUT2D eigenvalue weighted by molar-refractivity contribution is 5.38. The van der Waals surface area contributed by atoms with E-state index in [2.05, 4.69) is 100 Å². The maximum absolute atomic E-state index is 10.9. The normalized spacial score (nSPS) is 30.4. The number of hydrogen-bond acceptors (Lipinski definition) is 2. The number of benzene rings is 1.